The van der Waals surface area contributed by atoms with Crippen LogP contribution < -0.4 is 10.6 Å². The van der Waals surface area contributed by atoms with E-state index in [2.05, 4.69) is 15.4 Å². The van der Waals surface area contributed by atoms with Crippen LogP contribution in [0.1, 0.15) is 36.9 Å². The standard InChI is InChI=1S/C16H24N2O5/c1-16(2,3)23-15(20)18-8-6-5-7-17-10-13-9-12(11-22-13)14(19)21-4/h5-6,9,11,17H,7-8,10H2,1-4H3,(H,18,20)/b6-5+. The summed E-state index contributed by atoms with van der Waals surface area (Å²) in [7, 11) is 1.32. The molecule has 0 aliphatic carbocycles. The molecule has 7 heteroatoms. The Bertz CT molecular complexity index is 543. The third-order valence-electron chi connectivity index (χ3n) is 2.57. The number of methoxy groups -OCH3 is 1. The van der Waals surface area contributed by atoms with Crippen LogP contribution >= 0.6 is 0 Å². The molecule has 1 rings (SSSR count). The van der Waals surface area contributed by atoms with Crippen LogP contribution in [-0.2, 0) is 16.0 Å². The first-order valence-corrected chi connectivity index (χ1v) is 7.30. The number of rotatable bonds is 7. The second-order valence-corrected chi connectivity index (χ2v) is 5.78. The molecule has 7 nitrogen and oxygen atoms in total. The molecule has 0 saturated carbocycles. The molecule has 0 bridgehead atoms. The molecular weight excluding hydrogens is 300 g/mol. The third-order valence-corrected chi connectivity index (χ3v) is 2.57. The van der Waals surface area contributed by atoms with Crippen molar-refractivity contribution in [2.24, 2.45) is 0 Å². The van der Waals surface area contributed by atoms with Crippen LogP contribution in [0.5, 0.6) is 0 Å². The van der Waals surface area contributed by atoms with Gasteiger partial charge in [-0.3, -0.25) is 0 Å². The lowest BCUT2D eigenvalue weighted by molar-refractivity contribution is 0.0532. The predicted molar refractivity (Wildman–Crippen MR) is 85.1 cm³/mol. The van der Waals surface area contributed by atoms with Crippen LogP contribution in [0.15, 0.2) is 28.9 Å². The first kappa shape index (κ1) is 18.8. The zero-order chi connectivity index (χ0) is 17.3. The minimum absolute atomic E-state index is 0.390. The first-order chi connectivity index (χ1) is 10.8. The van der Waals surface area contributed by atoms with Crippen molar-refractivity contribution in [1.29, 1.82) is 0 Å². The van der Waals surface area contributed by atoms with E-state index in [9.17, 15) is 9.59 Å². The summed E-state index contributed by atoms with van der Waals surface area (Å²) < 4.78 is 14.9. The Balaban J connectivity index is 2.16. The van der Waals surface area contributed by atoms with Crippen LogP contribution in [0.3, 0.4) is 0 Å². The number of hydrogen-bond acceptors (Lipinski definition) is 6. The largest absolute Gasteiger partial charge is 0.467 e. The van der Waals surface area contributed by atoms with Crippen molar-refractivity contribution in [1.82, 2.24) is 10.6 Å². The summed E-state index contributed by atoms with van der Waals surface area (Å²) in [4.78, 5) is 22.6. The van der Waals surface area contributed by atoms with Crippen molar-refractivity contribution in [3.05, 3.63) is 35.8 Å². The SMILES string of the molecule is COC(=O)c1coc(CNC/C=C/CNC(=O)OC(C)(C)C)c1. The minimum Gasteiger partial charge on any atom is -0.467 e. The highest BCUT2D eigenvalue weighted by molar-refractivity contribution is 5.88. The van der Waals surface area contributed by atoms with Gasteiger partial charge in [0.15, 0.2) is 0 Å². The van der Waals surface area contributed by atoms with Gasteiger partial charge in [0.25, 0.3) is 0 Å². The number of carbonyl (C=O) groups is 2. The Morgan fingerprint density at radius 2 is 1.96 bits per heavy atom. The molecule has 128 valence electrons. The van der Waals surface area contributed by atoms with Gasteiger partial charge in [0.2, 0.25) is 0 Å². The minimum atomic E-state index is -0.499. The van der Waals surface area contributed by atoms with Crippen molar-refractivity contribution < 1.29 is 23.5 Å². The zero-order valence-electron chi connectivity index (χ0n) is 14.0. The molecule has 0 aliphatic heterocycles. The molecule has 0 aliphatic rings. The summed E-state index contributed by atoms with van der Waals surface area (Å²) in [5, 5.41) is 5.75. The molecule has 0 radical (unpaired) electrons. The highest BCUT2D eigenvalue weighted by Gasteiger charge is 2.14. The van der Waals surface area contributed by atoms with Crippen LogP contribution in [-0.4, -0.2) is 37.9 Å². The quantitative estimate of drug-likeness (QED) is 0.454. The number of esters is 1. The van der Waals surface area contributed by atoms with Gasteiger partial charge in [0.05, 0.1) is 19.2 Å². The molecule has 0 unspecified atom stereocenters. The Labute approximate surface area is 136 Å². The summed E-state index contributed by atoms with van der Waals surface area (Å²) in [5.74, 6) is 0.221. The fourth-order valence-electron chi connectivity index (χ4n) is 1.60. The van der Waals surface area contributed by atoms with E-state index >= 15 is 0 Å². The van der Waals surface area contributed by atoms with E-state index in [4.69, 9.17) is 9.15 Å². The number of carbonyl (C=O) groups excluding carboxylic acids is 2. The van der Waals surface area contributed by atoms with Crippen molar-refractivity contribution in [3.8, 4) is 0 Å². The molecule has 0 aromatic carbocycles. The van der Waals surface area contributed by atoms with Gasteiger partial charge in [-0.15, -0.1) is 0 Å². The molecule has 1 amide bonds. The van der Waals surface area contributed by atoms with Gasteiger partial charge in [-0.2, -0.15) is 0 Å². The van der Waals surface area contributed by atoms with Crippen LogP contribution in [0.25, 0.3) is 0 Å². The lowest BCUT2D eigenvalue weighted by Crippen LogP contribution is -2.32. The normalized spacial score (nSPS) is 11.5. The third kappa shape index (κ3) is 8.06. The van der Waals surface area contributed by atoms with E-state index in [-0.39, 0.29) is 0 Å². The summed E-state index contributed by atoms with van der Waals surface area (Å²) in [6.07, 6.45) is 4.62. The maximum Gasteiger partial charge on any atom is 0.407 e. The van der Waals surface area contributed by atoms with E-state index in [1.54, 1.807) is 6.07 Å². The molecule has 23 heavy (non-hydrogen) atoms. The molecular formula is C16H24N2O5. The van der Waals surface area contributed by atoms with E-state index in [1.807, 2.05) is 32.9 Å². The summed E-state index contributed by atoms with van der Waals surface area (Å²) in [6, 6.07) is 1.63. The van der Waals surface area contributed by atoms with Crippen molar-refractivity contribution in [3.63, 3.8) is 0 Å². The second kappa shape index (κ2) is 8.99. The smallest absolute Gasteiger partial charge is 0.407 e. The van der Waals surface area contributed by atoms with E-state index in [0.29, 0.717) is 31.0 Å². The van der Waals surface area contributed by atoms with E-state index in [0.717, 1.165) is 0 Å². The fourth-order valence-corrected chi connectivity index (χ4v) is 1.60. The molecule has 1 aromatic heterocycles. The molecule has 1 heterocycles. The topological polar surface area (TPSA) is 89.8 Å². The second-order valence-electron chi connectivity index (χ2n) is 5.78. The number of nitrogens with one attached hydrogen (secondary N) is 2. The summed E-state index contributed by atoms with van der Waals surface area (Å²) in [6.45, 7) is 6.92. The number of amides is 1. The van der Waals surface area contributed by atoms with Gasteiger partial charge in [-0.25, -0.2) is 9.59 Å². The van der Waals surface area contributed by atoms with Crippen molar-refractivity contribution in [2.45, 2.75) is 32.9 Å². The molecule has 1 aromatic rings. The number of ether oxygens (including phenoxy) is 2. The monoisotopic (exact) mass is 324 g/mol. The molecule has 0 fully saturated rings. The maximum atomic E-state index is 11.4. The average molecular weight is 324 g/mol. The van der Waals surface area contributed by atoms with Gasteiger partial charge < -0.3 is 24.5 Å². The lowest BCUT2D eigenvalue weighted by atomic mass is 10.2. The van der Waals surface area contributed by atoms with Crippen molar-refractivity contribution in [2.75, 3.05) is 20.2 Å². The van der Waals surface area contributed by atoms with E-state index in [1.165, 1.54) is 13.4 Å². The highest BCUT2D eigenvalue weighted by Crippen LogP contribution is 2.08. The Morgan fingerprint density at radius 3 is 2.61 bits per heavy atom. The van der Waals surface area contributed by atoms with Crippen LogP contribution in [0.2, 0.25) is 0 Å². The van der Waals surface area contributed by atoms with Gasteiger partial charge in [0.1, 0.15) is 17.6 Å². The van der Waals surface area contributed by atoms with Gasteiger partial charge in [0, 0.05) is 13.1 Å². The van der Waals surface area contributed by atoms with Crippen LogP contribution in [0.4, 0.5) is 4.79 Å². The Hall–Kier alpha value is -2.28. The molecule has 0 spiro atoms. The molecule has 0 saturated heterocycles. The number of hydrogen-bond donors (Lipinski definition) is 2. The average Bonchev–Trinajstić information content (AvgIpc) is 2.92. The van der Waals surface area contributed by atoms with Gasteiger partial charge in [-0.1, -0.05) is 12.2 Å². The zero-order valence-corrected chi connectivity index (χ0v) is 14.0. The van der Waals surface area contributed by atoms with Gasteiger partial charge in [-0.05, 0) is 26.8 Å². The fraction of sp³-hybridized carbons (Fsp3) is 0.500. The maximum absolute atomic E-state index is 11.4. The van der Waals surface area contributed by atoms with Gasteiger partial charge >= 0.3 is 12.1 Å². The molecule has 0 atom stereocenters. The summed E-state index contributed by atoms with van der Waals surface area (Å²) in [5.41, 5.74) is -0.108. The Kier molecular flexibility index (Phi) is 7.34. The number of alkyl carbamates (subject to hydrolysis) is 1. The van der Waals surface area contributed by atoms with Crippen LogP contribution in [0, 0.1) is 0 Å². The number of furan rings is 1. The Morgan fingerprint density at radius 1 is 1.26 bits per heavy atom. The first-order valence-electron chi connectivity index (χ1n) is 7.30. The lowest BCUT2D eigenvalue weighted by Gasteiger charge is -2.19. The van der Waals surface area contributed by atoms with E-state index < -0.39 is 17.7 Å². The molecule has 2 N–H and O–H groups in total. The summed E-state index contributed by atoms with van der Waals surface area (Å²) >= 11 is 0. The highest BCUT2D eigenvalue weighted by atomic mass is 16.6. The predicted octanol–water partition coefficient (Wildman–Crippen LogP) is 2.24. The van der Waals surface area contributed by atoms with Crippen molar-refractivity contribution >= 4 is 12.1 Å².